The van der Waals surface area contributed by atoms with Gasteiger partial charge >= 0.3 is 5.97 Å². The summed E-state index contributed by atoms with van der Waals surface area (Å²) in [6.45, 7) is 1.79. The van der Waals surface area contributed by atoms with E-state index in [0.29, 0.717) is 0 Å². The van der Waals surface area contributed by atoms with Crippen LogP contribution in [-0.4, -0.2) is 27.3 Å². The first kappa shape index (κ1) is 11.6. The van der Waals surface area contributed by atoms with E-state index in [-0.39, 0.29) is 24.4 Å². The van der Waals surface area contributed by atoms with E-state index in [2.05, 4.69) is 0 Å². The largest absolute Gasteiger partial charge is 0.508 e. The van der Waals surface area contributed by atoms with E-state index in [1.807, 2.05) is 0 Å². The number of carbonyl (C=O) groups is 1. The minimum atomic E-state index is -1.07. The number of hydrogen-bond acceptors (Lipinski definition) is 4. The highest BCUT2D eigenvalue weighted by molar-refractivity contribution is 5.73. The predicted molar refractivity (Wildman–Crippen MR) is 54.4 cm³/mol. The minimum Gasteiger partial charge on any atom is -0.508 e. The molecular weight excluding hydrogens is 198 g/mol. The summed E-state index contributed by atoms with van der Waals surface area (Å²) in [4.78, 5) is 10.6. The summed E-state index contributed by atoms with van der Waals surface area (Å²) in [5.41, 5.74) is 4.90. The van der Waals surface area contributed by atoms with Gasteiger partial charge in [0.2, 0.25) is 0 Å². The quantitative estimate of drug-likeness (QED) is 0.561. The molecule has 0 aromatic heterocycles. The van der Waals surface area contributed by atoms with Crippen LogP contribution in [0.15, 0.2) is 23.7 Å². The van der Waals surface area contributed by atoms with Crippen LogP contribution in [0.25, 0.3) is 0 Å². The van der Waals surface area contributed by atoms with E-state index >= 15 is 0 Å². The van der Waals surface area contributed by atoms with Gasteiger partial charge in [-0.25, -0.2) is 0 Å². The fourth-order valence-corrected chi connectivity index (χ4v) is 1.64. The number of rotatable bonds is 3. The highest BCUT2D eigenvalue weighted by atomic mass is 16.4. The molecule has 2 unspecified atom stereocenters. The lowest BCUT2D eigenvalue weighted by Gasteiger charge is -2.29. The number of nitrogens with two attached hydrogens (primary N) is 1. The molecule has 84 valence electrons. The molecule has 15 heavy (non-hydrogen) atoms. The molecule has 0 amide bonds. The van der Waals surface area contributed by atoms with Gasteiger partial charge in [0.1, 0.15) is 11.8 Å². The average Bonchev–Trinajstić information content (AvgIpc) is 2.12. The molecule has 0 heterocycles. The Labute approximate surface area is 87.5 Å². The van der Waals surface area contributed by atoms with Crippen LogP contribution in [0.5, 0.6) is 0 Å². The van der Waals surface area contributed by atoms with Crippen LogP contribution in [-0.2, 0) is 4.79 Å². The summed E-state index contributed by atoms with van der Waals surface area (Å²) < 4.78 is 0. The third-order valence-corrected chi connectivity index (χ3v) is 2.51. The Morgan fingerprint density at radius 3 is 2.73 bits per heavy atom. The molecule has 0 aromatic carbocycles. The second-order valence-electron chi connectivity index (χ2n) is 4.14. The van der Waals surface area contributed by atoms with E-state index in [1.54, 1.807) is 13.0 Å². The SMILES string of the molecule is CC1(CC(N)C(=O)O)C=CC(O)=C(O)C1. The number of carboxylic acids is 1. The highest BCUT2D eigenvalue weighted by Gasteiger charge is 2.31. The Bertz CT molecular complexity index is 334. The Morgan fingerprint density at radius 1 is 1.67 bits per heavy atom. The maximum Gasteiger partial charge on any atom is 0.320 e. The van der Waals surface area contributed by atoms with Gasteiger partial charge < -0.3 is 21.1 Å². The van der Waals surface area contributed by atoms with Crippen molar-refractivity contribution in [3.8, 4) is 0 Å². The summed E-state index contributed by atoms with van der Waals surface area (Å²) in [7, 11) is 0. The first-order chi connectivity index (χ1) is 6.84. The molecule has 2 atom stereocenters. The second kappa shape index (κ2) is 3.94. The average molecular weight is 213 g/mol. The lowest BCUT2D eigenvalue weighted by Crippen LogP contribution is -2.36. The molecule has 0 bridgehead atoms. The Balaban J connectivity index is 2.72. The molecule has 1 aliphatic carbocycles. The van der Waals surface area contributed by atoms with Crippen molar-refractivity contribution < 1.29 is 20.1 Å². The normalized spacial score (nSPS) is 27.9. The molecule has 0 spiro atoms. The molecule has 0 aromatic rings. The summed E-state index contributed by atoms with van der Waals surface area (Å²) >= 11 is 0. The van der Waals surface area contributed by atoms with Crippen molar-refractivity contribution in [2.24, 2.45) is 11.1 Å². The number of aliphatic carboxylic acids is 1. The van der Waals surface area contributed by atoms with E-state index in [1.165, 1.54) is 6.08 Å². The highest BCUT2D eigenvalue weighted by Crippen LogP contribution is 2.36. The van der Waals surface area contributed by atoms with E-state index in [9.17, 15) is 9.90 Å². The van der Waals surface area contributed by atoms with Gasteiger partial charge in [-0.3, -0.25) is 4.79 Å². The van der Waals surface area contributed by atoms with Crippen molar-refractivity contribution in [3.63, 3.8) is 0 Å². The molecule has 1 rings (SSSR count). The van der Waals surface area contributed by atoms with Crippen LogP contribution in [0.1, 0.15) is 19.8 Å². The lowest BCUT2D eigenvalue weighted by atomic mass is 9.77. The predicted octanol–water partition coefficient (Wildman–Crippen LogP) is 1.08. The monoisotopic (exact) mass is 213 g/mol. The molecule has 0 fully saturated rings. The number of aliphatic hydroxyl groups is 2. The van der Waals surface area contributed by atoms with Crippen LogP contribution in [0.3, 0.4) is 0 Å². The molecule has 1 aliphatic rings. The molecule has 0 radical (unpaired) electrons. The van der Waals surface area contributed by atoms with Crippen LogP contribution >= 0.6 is 0 Å². The van der Waals surface area contributed by atoms with E-state index in [4.69, 9.17) is 15.9 Å². The first-order valence-corrected chi connectivity index (χ1v) is 4.63. The first-order valence-electron chi connectivity index (χ1n) is 4.63. The number of carboxylic acid groups (broad SMARTS) is 1. The Hall–Kier alpha value is -1.49. The van der Waals surface area contributed by atoms with Crippen molar-refractivity contribution >= 4 is 5.97 Å². The summed E-state index contributed by atoms with van der Waals surface area (Å²) in [6, 6.07) is -0.965. The fraction of sp³-hybridized carbons (Fsp3) is 0.500. The fourth-order valence-electron chi connectivity index (χ4n) is 1.64. The Kier molecular flexibility index (Phi) is 3.04. The zero-order valence-corrected chi connectivity index (χ0v) is 8.47. The van der Waals surface area contributed by atoms with Crippen molar-refractivity contribution in [1.82, 2.24) is 0 Å². The van der Waals surface area contributed by atoms with Gasteiger partial charge in [-0.15, -0.1) is 0 Å². The van der Waals surface area contributed by atoms with E-state index < -0.39 is 17.4 Å². The topological polar surface area (TPSA) is 104 Å². The van der Waals surface area contributed by atoms with Gasteiger partial charge in [0, 0.05) is 6.42 Å². The van der Waals surface area contributed by atoms with Crippen LogP contribution in [0, 0.1) is 5.41 Å². The standard InChI is InChI=1S/C10H15NO4/c1-10(4-6(11)9(14)15)3-2-7(12)8(13)5-10/h2-3,6,12-13H,4-5,11H2,1H3,(H,14,15). The third-order valence-electron chi connectivity index (χ3n) is 2.51. The van der Waals surface area contributed by atoms with Gasteiger partial charge in [-0.1, -0.05) is 13.0 Å². The molecule has 0 saturated heterocycles. The summed E-state index contributed by atoms with van der Waals surface area (Å²) in [5, 5.41) is 27.2. The third kappa shape index (κ3) is 2.73. The van der Waals surface area contributed by atoms with Crippen molar-refractivity contribution in [2.75, 3.05) is 0 Å². The van der Waals surface area contributed by atoms with Crippen molar-refractivity contribution in [1.29, 1.82) is 0 Å². The number of hydrogen-bond donors (Lipinski definition) is 4. The Morgan fingerprint density at radius 2 is 2.27 bits per heavy atom. The molecule has 5 nitrogen and oxygen atoms in total. The molecule has 0 saturated carbocycles. The summed E-state index contributed by atoms with van der Waals surface area (Å²) in [5.74, 6) is -1.36. The number of allylic oxidation sites excluding steroid dienone is 3. The molecule has 5 N–H and O–H groups in total. The van der Waals surface area contributed by atoms with Crippen molar-refractivity contribution in [2.45, 2.75) is 25.8 Å². The molecular formula is C10H15NO4. The van der Waals surface area contributed by atoms with Gasteiger partial charge in [0.15, 0.2) is 5.76 Å². The smallest absolute Gasteiger partial charge is 0.320 e. The molecule has 0 aliphatic heterocycles. The zero-order chi connectivity index (χ0) is 11.6. The summed E-state index contributed by atoms with van der Waals surface area (Å²) in [6.07, 6.45) is 3.46. The minimum absolute atomic E-state index is 0.127. The van der Waals surface area contributed by atoms with Gasteiger partial charge in [-0.2, -0.15) is 0 Å². The van der Waals surface area contributed by atoms with Crippen LogP contribution < -0.4 is 5.73 Å². The van der Waals surface area contributed by atoms with Gasteiger partial charge in [-0.05, 0) is 17.9 Å². The zero-order valence-electron chi connectivity index (χ0n) is 8.47. The molecule has 5 heteroatoms. The van der Waals surface area contributed by atoms with Crippen molar-refractivity contribution in [3.05, 3.63) is 23.7 Å². The van der Waals surface area contributed by atoms with Crippen LogP contribution in [0.2, 0.25) is 0 Å². The number of aliphatic hydroxyl groups excluding tert-OH is 2. The maximum absolute atomic E-state index is 10.6. The van der Waals surface area contributed by atoms with Gasteiger partial charge in [0.05, 0.1) is 0 Å². The maximum atomic E-state index is 10.6. The second-order valence-corrected chi connectivity index (χ2v) is 4.14. The van der Waals surface area contributed by atoms with Gasteiger partial charge in [0.25, 0.3) is 0 Å². The van der Waals surface area contributed by atoms with Crippen LogP contribution in [0.4, 0.5) is 0 Å². The van der Waals surface area contributed by atoms with E-state index in [0.717, 1.165) is 0 Å². The lowest BCUT2D eigenvalue weighted by molar-refractivity contribution is -0.139.